The fraction of sp³-hybridized carbons (Fsp3) is 0.250. The molecule has 0 saturated heterocycles. The van der Waals surface area contributed by atoms with Crippen molar-refractivity contribution in [2.75, 3.05) is 0 Å². The van der Waals surface area contributed by atoms with Gasteiger partial charge in [0.05, 0.1) is 23.7 Å². The van der Waals surface area contributed by atoms with Crippen LogP contribution in [-0.4, -0.2) is 30.9 Å². The molecule has 1 unspecified atom stereocenters. The van der Waals surface area contributed by atoms with E-state index in [1.54, 1.807) is 6.92 Å². The molecule has 0 bridgehead atoms. The van der Waals surface area contributed by atoms with Crippen LogP contribution in [0, 0.1) is 0 Å². The van der Waals surface area contributed by atoms with Crippen LogP contribution >= 0.6 is 0 Å². The van der Waals surface area contributed by atoms with Crippen molar-refractivity contribution in [3.05, 3.63) is 83.8 Å². The largest absolute Gasteiger partial charge is 0.481 e. The van der Waals surface area contributed by atoms with Crippen molar-refractivity contribution in [3.63, 3.8) is 0 Å². The normalized spacial score (nSPS) is 14.7. The lowest BCUT2D eigenvalue weighted by Gasteiger charge is -2.33. The van der Waals surface area contributed by atoms with Crippen molar-refractivity contribution in [1.29, 1.82) is 0 Å². The molecule has 33 heavy (non-hydrogen) atoms. The molecule has 0 aliphatic heterocycles. The summed E-state index contributed by atoms with van der Waals surface area (Å²) in [6.07, 6.45) is -1.05. The van der Waals surface area contributed by atoms with E-state index in [-0.39, 0.29) is 11.6 Å². The van der Waals surface area contributed by atoms with Gasteiger partial charge in [0.1, 0.15) is 5.41 Å². The van der Waals surface area contributed by atoms with Crippen LogP contribution in [-0.2, 0) is 16.4 Å². The zero-order chi connectivity index (χ0) is 23.8. The van der Waals surface area contributed by atoms with E-state index in [0.717, 1.165) is 17.7 Å². The summed E-state index contributed by atoms with van der Waals surface area (Å²) in [6, 6.07) is 14.0. The van der Waals surface area contributed by atoms with Gasteiger partial charge < -0.3 is 5.11 Å². The summed E-state index contributed by atoms with van der Waals surface area (Å²) >= 11 is 0. The molecule has 2 atom stereocenters. The maximum Gasteiger partial charge on any atom is 0.416 e. The van der Waals surface area contributed by atoms with Crippen LogP contribution in [0.3, 0.4) is 0 Å². The summed E-state index contributed by atoms with van der Waals surface area (Å²) < 4.78 is 40.2. The zero-order valence-electron chi connectivity index (χ0n) is 17.9. The van der Waals surface area contributed by atoms with Crippen LogP contribution in [0.15, 0.2) is 67.0 Å². The molecule has 2 aromatic carbocycles. The molecule has 1 N–H and O–H groups in total. The van der Waals surface area contributed by atoms with Crippen molar-refractivity contribution in [1.82, 2.24) is 19.8 Å². The van der Waals surface area contributed by atoms with Gasteiger partial charge >= 0.3 is 12.1 Å². The number of hydrogen-bond acceptors (Lipinski definition) is 4. The second-order valence-corrected chi connectivity index (χ2v) is 7.98. The molecule has 0 aliphatic carbocycles. The molecule has 9 heteroatoms. The van der Waals surface area contributed by atoms with Crippen LogP contribution in [0.1, 0.15) is 43.0 Å². The molecule has 0 fully saturated rings. The van der Waals surface area contributed by atoms with E-state index < -0.39 is 23.1 Å². The summed E-state index contributed by atoms with van der Waals surface area (Å²) in [6.45, 7) is 3.55. The first-order chi connectivity index (χ1) is 15.7. The summed E-state index contributed by atoms with van der Waals surface area (Å²) in [5, 5.41) is 22.8. The van der Waals surface area contributed by atoms with Gasteiger partial charge in [0, 0.05) is 11.5 Å². The van der Waals surface area contributed by atoms with Crippen molar-refractivity contribution in [2.24, 2.45) is 0 Å². The van der Waals surface area contributed by atoms with Crippen LogP contribution in [0.2, 0.25) is 0 Å². The molecule has 170 valence electrons. The number of rotatable bonds is 6. The van der Waals surface area contributed by atoms with E-state index in [4.69, 9.17) is 0 Å². The highest BCUT2D eigenvalue weighted by molar-refractivity contribution is 5.83. The number of fused-ring (bicyclic) bond motifs is 1. The number of carboxylic acids is 1. The standard InChI is InChI=1S/C24H21F3N4O2/c1-3-19(16-7-5-4-6-8-16)23(2,22(32)33)20-14-28-30-21-18(13-29-31(20)21)15-9-11-17(12-10-15)24(25,26)27/h4-14,19H,3H2,1-2H3,(H,32,33)/t19?,23-/m1/s1. The molecular formula is C24H21F3N4O2. The second kappa shape index (κ2) is 8.31. The third-order valence-corrected chi connectivity index (χ3v) is 6.11. The number of nitrogens with zero attached hydrogens (tertiary/aromatic N) is 4. The highest BCUT2D eigenvalue weighted by Crippen LogP contribution is 2.42. The average molecular weight is 454 g/mol. The Bertz CT molecular complexity index is 1290. The summed E-state index contributed by atoms with van der Waals surface area (Å²) in [5.74, 6) is -1.43. The van der Waals surface area contributed by atoms with Gasteiger partial charge in [0.15, 0.2) is 5.65 Å². The minimum absolute atomic E-state index is 0.266. The van der Waals surface area contributed by atoms with Crippen molar-refractivity contribution >= 4 is 11.6 Å². The fourth-order valence-electron chi connectivity index (χ4n) is 4.30. The number of benzene rings is 2. The van der Waals surface area contributed by atoms with Gasteiger partial charge in [-0.2, -0.15) is 23.4 Å². The van der Waals surface area contributed by atoms with E-state index >= 15 is 0 Å². The van der Waals surface area contributed by atoms with E-state index in [1.165, 1.54) is 29.0 Å². The summed E-state index contributed by atoms with van der Waals surface area (Å²) in [5.41, 5.74) is 0.228. The Kier molecular flexibility index (Phi) is 5.65. The van der Waals surface area contributed by atoms with Gasteiger partial charge in [0.25, 0.3) is 0 Å². The maximum atomic E-state index is 12.9. The highest BCUT2D eigenvalue weighted by Gasteiger charge is 2.45. The van der Waals surface area contributed by atoms with Crippen LogP contribution in [0.4, 0.5) is 13.2 Å². The second-order valence-electron chi connectivity index (χ2n) is 7.98. The van der Waals surface area contributed by atoms with E-state index in [1.807, 2.05) is 37.3 Å². The predicted molar refractivity (Wildman–Crippen MR) is 116 cm³/mol. The molecule has 4 rings (SSSR count). The Hall–Kier alpha value is -3.75. The first-order valence-electron chi connectivity index (χ1n) is 10.3. The van der Waals surface area contributed by atoms with Crippen molar-refractivity contribution in [3.8, 4) is 11.1 Å². The molecule has 2 aromatic heterocycles. The van der Waals surface area contributed by atoms with E-state index in [2.05, 4.69) is 15.3 Å². The predicted octanol–water partition coefficient (Wildman–Crippen LogP) is 5.35. The van der Waals surface area contributed by atoms with Crippen molar-refractivity contribution in [2.45, 2.75) is 37.8 Å². The number of carboxylic acid groups (broad SMARTS) is 1. The Morgan fingerprint density at radius 2 is 1.73 bits per heavy atom. The number of carbonyl (C=O) groups is 1. The molecule has 0 aliphatic rings. The van der Waals surface area contributed by atoms with Gasteiger partial charge in [-0.1, -0.05) is 49.4 Å². The minimum atomic E-state index is -4.44. The molecular weight excluding hydrogens is 433 g/mol. The first kappa shape index (κ1) is 22.4. The molecule has 4 aromatic rings. The molecule has 0 saturated carbocycles. The molecule has 0 radical (unpaired) electrons. The SMILES string of the molecule is CCC(c1ccccc1)[C@@](C)(C(=O)O)c1cnnc2c(-c3ccc(C(F)(F)F)cc3)cnn12. The fourth-order valence-corrected chi connectivity index (χ4v) is 4.30. The van der Waals surface area contributed by atoms with Gasteiger partial charge in [0.2, 0.25) is 0 Å². The molecule has 0 spiro atoms. The number of halogens is 3. The lowest BCUT2D eigenvalue weighted by atomic mass is 9.70. The van der Waals surface area contributed by atoms with Crippen LogP contribution in [0.5, 0.6) is 0 Å². The number of aromatic nitrogens is 4. The minimum Gasteiger partial charge on any atom is -0.481 e. The van der Waals surface area contributed by atoms with Gasteiger partial charge in [-0.25, -0.2) is 4.52 Å². The zero-order valence-corrected chi connectivity index (χ0v) is 17.9. The number of alkyl halides is 3. The molecule has 0 amide bonds. The maximum absolute atomic E-state index is 12.9. The van der Waals surface area contributed by atoms with Gasteiger partial charge in [-0.3, -0.25) is 4.79 Å². The Balaban J connectivity index is 1.86. The third-order valence-electron chi connectivity index (χ3n) is 6.11. The summed E-state index contributed by atoms with van der Waals surface area (Å²) in [7, 11) is 0. The Morgan fingerprint density at radius 3 is 2.30 bits per heavy atom. The topological polar surface area (TPSA) is 80.4 Å². The summed E-state index contributed by atoms with van der Waals surface area (Å²) in [4.78, 5) is 12.7. The molecule has 6 nitrogen and oxygen atoms in total. The van der Waals surface area contributed by atoms with Crippen molar-refractivity contribution < 1.29 is 23.1 Å². The van der Waals surface area contributed by atoms with E-state index in [9.17, 15) is 23.1 Å². The van der Waals surface area contributed by atoms with Crippen LogP contribution < -0.4 is 0 Å². The lowest BCUT2D eigenvalue weighted by molar-refractivity contribution is -0.144. The number of hydrogen-bond donors (Lipinski definition) is 1. The third kappa shape index (κ3) is 3.83. The number of aliphatic carboxylic acids is 1. The highest BCUT2D eigenvalue weighted by atomic mass is 19.4. The molecule has 2 heterocycles. The average Bonchev–Trinajstić information content (AvgIpc) is 3.24. The Morgan fingerprint density at radius 1 is 1.06 bits per heavy atom. The van der Waals surface area contributed by atoms with Gasteiger partial charge in [-0.15, -0.1) is 5.10 Å². The smallest absolute Gasteiger partial charge is 0.416 e. The monoisotopic (exact) mass is 454 g/mol. The Labute approximate surface area is 187 Å². The van der Waals surface area contributed by atoms with Gasteiger partial charge in [-0.05, 0) is 36.6 Å². The van der Waals surface area contributed by atoms with Crippen LogP contribution in [0.25, 0.3) is 16.8 Å². The quantitative estimate of drug-likeness (QED) is 0.425. The first-order valence-corrected chi connectivity index (χ1v) is 10.3. The van der Waals surface area contributed by atoms with E-state index in [0.29, 0.717) is 23.2 Å². The lowest BCUT2D eigenvalue weighted by Crippen LogP contribution is -2.41.